The molecule has 0 aromatic heterocycles. The summed E-state index contributed by atoms with van der Waals surface area (Å²) in [5.41, 5.74) is 0. The molecular weight excluding hydrogens is 258 g/mol. The Kier molecular flexibility index (Phi) is 6.90. The lowest BCUT2D eigenvalue weighted by atomic mass is 10.1. The Balaban J connectivity index is 4.48. The number of amides is 1. The van der Waals surface area contributed by atoms with Crippen LogP contribution in [-0.2, 0) is 19.4 Å². The van der Waals surface area contributed by atoms with E-state index in [2.05, 4.69) is 5.32 Å². The van der Waals surface area contributed by atoms with Crippen molar-refractivity contribution in [3.63, 3.8) is 0 Å². The second kappa shape index (κ2) is 7.35. The third-order valence-electron chi connectivity index (χ3n) is 2.53. The standard InChI is InChI=1S/C11H21NO5S/c1-4-5-6-9(11(14)15)12-10(13)7-18(16,17)8(2)3/h8-9H,4-7H2,1-3H3,(H,12,13)(H,14,15). The number of carboxylic acids is 1. The summed E-state index contributed by atoms with van der Waals surface area (Å²) < 4.78 is 23.0. The van der Waals surface area contributed by atoms with Crippen molar-refractivity contribution in [3.8, 4) is 0 Å². The predicted molar refractivity (Wildman–Crippen MR) is 68.0 cm³/mol. The summed E-state index contributed by atoms with van der Waals surface area (Å²) >= 11 is 0. The number of carboxylic acid groups (broad SMARTS) is 1. The van der Waals surface area contributed by atoms with Gasteiger partial charge in [0.05, 0.1) is 5.25 Å². The van der Waals surface area contributed by atoms with Crippen LogP contribution >= 0.6 is 0 Å². The average molecular weight is 279 g/mol. The number of nitrogens with one attached hydrogen (secondary N) is 1. The van der Waals surface area contributed by atoms with E-state index < -0.39 is 38.8 Å². The smallest absolute Gasteiger partial charge is 0.326 e. The van der Waals surface area contributed by atoms with Gasteiger partial charge in [0.25, 0.3) is 0 Å². The molecule has 0 spiro atoms. The van der Waals surface area contributed by atoms with Gasteiger partial charge in [-0.15, -0.1) is 0 Å². The maximum atomic E-state index is 11.5. The first-order valence-electron chi connectivity index (χ1n) is 5.94. The Labute approximate surface area is 108 Å². The highest BCUT2D eigenvalue weighted by Crippen LogP contribution is 2.03. The summed E-state index contributed by atoms with van der Waals surface area (Å²) in [6, 6.07) is -1.01. The SMILES string of the molecule is CCCCC(NC(=O)CS(=O)(=O)C(C)C)C(=O)O. The van der Waals surface area contributed by atoms with Crippen LogP contribution in [0.25, 0.3) is 0 Å². The highest BCUT2D eigenvalue weighted by atomic mass is 32.2. The van der Waals surface area contributed by atoms with Crippen molar-refractivity contribution in [1.29, 1.82) is 0 Å². The van der Waals surface area contributed by atoms with Gasteiger partial charge in [0.2, 0.25) is 5.91 Å². The Bertz CT molecular complexity index is 388. The Morgan fingerprint density at radius 3 is 2.22 bits per heavy atom. The normalized spacial score (nSPS) is 13.3. The van der Waals surface area contributed by atoms with Gasteiger partial charge in [-0.1, -0.05) is 19.8 Å². The third kappa shape index (κ3) is 6.00. The van der Waals surface area contributed by atoms with Crippen LogP contribution in [-0.4, -0.2) is 42.4 Å². The zero-order chi connectivity index (χ0) is 14.3. The number of sulfone groups is 1. The van der Waals surface area contributed by atoms with Crippen LogP contribution in [0.5, 0.6) is 0 Å². The quantitative estimate of drug-likeness (QED) is 0.676. The van der Waals surface area contributed by atoms with E-state index in [1.165, 1.54) is 13.8 Å². The molecule has 0 aliphatic heterocycles. The second-order valence-electron chi connectivity index (χ2n) is 4.46. The molecule has 106 valence electrons. The molecule has 0 fully saturated rings. The monoisotopic (exact) mass is 279 g/mol. The van der Waals surface area contributed by atoms with Crippen molar-refractivity contribution in [1.82, 2.24) is 5.32 Å². The maximum Gasteiger partial charge on any atom is 0.326 e. The van der Waals surface area contributed by atoms with E-state index in [0.29, 0.717) is 12.8 Å². The van der Waals surface area contributed by atoms with Gasteiger partial charge in [-0.25, -0.2) is 13.2 Å². The van der Waals surface area contributed by atoms with Crippen molar-refractivity contribution < 1.29 is 23.1 Å². The second-order valence-corrected chi connectivity index (χ2v) is 7.01. The molecule has 0 aliphatic carbocycles. The molecule has 2 N–H and O–H groups in total. The highest BCUT2D eigenvalue weighted by Gasteiger charge is 2.24. The molecule has 0 aromatic carbocycles. The summed E-state index contributed by atoms with van der Waals surface area (Å²) in [6.45, 7) is 4.87. The van der Waals surface area contributed by atoms with Gasteiger partial charge in [-0.2, -0.15) is 0 Å². The largest absolute Gasteiger partial charge is 0.480 e. The molecule has 0 radical (unpaired) electrons. The maximum absolute atomic E-state index is 11.5. The highest BCUT2D eigenvalue weighted by molar-refractivity contribution is 7.92. The van der Waals surface area contributed by atoms with Crippen molar-refractivity contribution >= 4 is 21.7 Å². The number of unbranched alkanes of at least 4 members (excludes halogenated alkanes) is 1. The van der Waals surface area contributed by atoms with Crippen LogP contribution in [0.2, 0.25) is 0 Å². The molecule has 0 aromatic rings. The first-order chi connectivity index (χ1) is 8.20. The number of carbonyl (C=O) groups is 2. The van der Waals surface area contributed by atoms with E-state index in [1.54, 1.807) is 0 Å². The fourth-order valence-electron chi connectivity index (χ4n) is 1.25. The lowest BCUT2D eigenvalue weighted by Crippen LogP contribution is -2.44. The van der Waals surface area contributed by atoms with Gasteiger partial charge < -0.3 is 10.4 Å². The van der Waals surface area contributed by atoms with Crippen LogP contribution < -0.4 is 5.32 Å². The Hall–Kier alpha value is -1.11. The van der Waals surface area contributed by atoms with E-state index in [1.807, 2.05) is 6.92 Å². The van der Waals surface area contributed by atoms with Gasteiger partial charge in [0, 0.05) is 0 Å². The summed E-state index contributed by atoms with van der Waals surface area (Å²) in [7, 11) is -3.49. The van der Waals surface area contributed by atoms with E-state index >= 15 is 0 Å². The van der Waals surface area contributed by atoms with Crippen molar-refractivity contribution in [3.05, 3.63) is 0 Å². The van der Waals surface area contributed by atoms with Crippen molar-refractivity contribution in [2.45, 2.75) is 51.3 Å². The van der Waals surface area contributed by atoms with E-state index in [0.717, 1.165) is 6.42 Å². The molecule has 0 saturated carbocycles. The van der Waals surface area contributed by atoms with Crippen molar-refractivity contribution in [2.24, 2.45) is 0 Å². The molecule has 0 rings (SSSR count). The zero-order valence-corrected chi connectivity index (χ0v) is 11.8. The lowest BCUT2D eigenvalue weighted by Gasteiger charge is -2.14. The van der Waals surface area contributed by atoms with Crippen LogP contribution in [0.15, 0.2) is 0 Å². The van der Waals surface area contributed by atoms with Gasteiger partial charge in [0.15, 0.2) is 9.84 Å². The lowest BCUT2D eigenvalue weighted by molar-refractivity contribution is -0.141. The predicted octanol–water partition coefficient (Wildman–Crippen LogP) is 0.569. The van der Waals surface area contributed by atoms with Crippen molar-refractivity contribution in [2.75, 3.05) is 5.75 Å². The van der Waals surface area contributed by atoms with Crippen LogP contribution in [0.1, 0.15) is 40.0 Å². The Morgan fingerprint density at radius 1 is 1.28 bits per heavy atom. The minimum Gasteiger partial charge on any atom is -0.480 e. The van der Waals surface area contributed by atoms with E-state index in [9.17, 15) is 18.0 Å². The average Bonchev–Trinajstić information content (AvgIpc) is 2.22. The summed E-state index contributed by atoms with van der Waals surface area (Å²) in [6.07, 6.45) is 1.78. The molecule has 7 heteroatoms. The number of carbonyl (C=O) groups excluding carboxylic acids is 1. The number of hydrogen-bond acceptors (Lipinski definition) is 4. The van der Waals surface area contributed by atoms with E-state index in [-0.39, 0.29) is 0 Å². The van der Waals surface area contributed by atoms with E-state index in [4.69, 9.17) is 5.11 Å². The molecule has 0 bridgehead atoms. The number of aliphatic carboxylic acids is 1. The van der Waals surface area contributed by atoms with Crippen LogP contribution in [0, 0.1) is 0 Å². The summed E-state index contributed by atoms with van der Waals surface area (Å²) in [5.74, 6) is -2.56. The van der Waals surface area contributed by atoms with Gasteiger partial charge in [-0.3, -0.25) is 4.79 Å². The topological polar surface area (TPSA) is 101 Å². The van der Waals surface area contributed by atoms with Gasteiger partial charge >= 0.3 is 5.97 Å². The third-order valence-corrected chi connectivity index (χ3v) is 4.63. The fourth-order valence-corrected chi connectivity index (χ4v) is 2.03. The van der Waals surface area contributed by atoms with Gasteiger partial charge in [-0.05, 0) is 20.3 Å². The molecule has 18 heavy (non-hydrogen) atoms. The molecule has 1 amide bonds. The zero-order valence-electron chi connectivity index (χ0n) is 11.0. The number of hydrogen-bond donors (Lipinski definition) is 2. The number of rotatable bonds is 8. The summed E-state index contributed by atoms with van der Waals surface area (Å²) in [4.78, 5) is 22.4. The molecule has 1 unspecified atom stereocenters. The molecule has 0 saturated heterocycles. The molecule has 1 atom stereocenters. The molecule has 0 heterocycles. The molecule has 0 aliphatic rings. The van der Waals surface area contributed by atoms with Crippen LogP contribution in [0.3, 0.4) is 0 Å². The van der Waals surface area contributed by atoms with Crippen LogP contribution in [0.4, 0.5) is 0 Å². The first kappa shape index (κ1) is 16.9. The minimum atomic E-state index is -3.49. The summed E-state index contributed by atoms with van der Waals surface area (Å²) in [5, 5.41) is 10.5. The minimum absolute atomic E-state index is 0.305. The first-order valence-corrected chi connectivity index (χ1v) is 7.66. The van der Waals surface area contributed by atoms with Gasteiger partial charge in [0.1, 0.15) is 11.8 Å². The molecular formula is C11H21NO5S. The molecule has 6 nitrogen and oxygen atoms in total. The Morgan fingerprint density at radius 2 is 1.83 bits per heavy atom. The fraction of sp³-hybridized carbons (Fsp3) is 0.818.